The second kappa shape index (κ2) is 4.91. The SMILES string of the molecule is COc1ccc(CC2=CNC(=O)N(C)C2)cc1. The molecule has 1 aromatic rings. The molecule has 2 rings (SSSR count). The third kappa shape index (κ3) is 2.78. The molecule has 2 amide bonds. The number of ether oxygens (including phenoxy) is 1. The number of carbonyl (C=O) groups excluding carboxylic acids is 1. The zero-order chi connectivity index (χ0) is 12.3. The van der Waals surface area contributed by atoms with Gasteiger partial charge in [0.1, 0.15) is 5.75 Å². The molecule has 0 aliphatic carbocycles. The van der Waals surface area contributed by atoms with E-state index in [-0.39, 0.29) is 6.03 Å². The number of nitrogens with zero attached hydrogens (tertiary/aromatic N) is 1. The summed E-state index contributed by atoms with van der Waals surface area (Å²) in [6.45, 7) is 0.678. The van der Waals surface area contributed by atoms with Crippen LogP contribution in [0.15, 0.2) is 36.0 Å². The number of amides is 2. The topological polar surface area (TPSA) is 41.6 Å². The number of carbonyl (C=O) groups is 1. The first kappa shape index (κ1) is 11.5. The molecule has 0 bridgehead atoms. The number of methoxy groups -OCH3 is 1. The minimum Gasteiger partial charge on any atom is -0.497 e. The van der Waals surface area contributed by atoms with Gasteiger partial charge in [-0.3, -0.25) is 0 Å². The van der Waals surface area contributed by atoms with Gasteiger partial charge < -0.3 is 15.0 Å². The number of hydrogen-bond donors (Lipinski definition) is 1. The first-order chi connectivity index (χ1) is 8.19. The molecule has 1 aliphatic rings. The summed E-state index contributed by atoms with van der Waals surface area (Å²) in [5.41, 5.74) is 2.40. The van der Waals surface area contributed by atoms with Crippen molar-refractivity contribution in [3.63, 3.8) is 0 Å². The maximum atomic E-state index is 11.2. The van der Waals surface area contributed by atoms with Crippen LogP contribution in [-0.4, -0.2) is 31.6 Å². The van der Waals surface area contributed by atoms with Gasteiger partial charge in [0.15, 0.2) is 0 Å². The van der Waals surface area contributed by atoms with E-state index in [0.29, 0.717) is 6.54 Å². The molecule has 0 saturated heterocycles. The molecule has 17 heavy (non-hydrogen) atoms. The van der Waals surface area contributed by atoms with Crippen molar-refractivity contribution in [2.45, 2.75) is 6.42 Å². The fraction of sp³-hybridized carbons (Fsp3) is 0.308. The van der Waals surface area contributed by atoms with Crippen LogP contribution in [0.2, 0.25) is 0 Å². The molecule has 4 nitrogen and oxygen atoms in total. The lowest BCUT2D eigenvalue weighted by Crippen LogP contribution is -2.40. The van der Waals surface area contributed by atoms with Crippen molar-refractivity contribution in [2.24, 2.45) is 0 Å². The van der Waals surface area contributed by atoms with Crippen molar-refractivity contribution in [2.75, 3.05) is 20.7 Å². The van der Waals surface area contributed by atoms with Crippen molar-refractivity contribution < 1.29 is 9.53 Å². The molecule has 0 unspecified atom stereocenters. The average Bonchev–Trinajstić information content (AvgIpc) is 2.35. The number of likely N-dealkylation sites (N-methyl/N-ethyl adjacent to an activating group) is 1. The van der Waals surface area contributed by atoms with Gasteiger partial charge in [0.25, 0.3) is 0 Å². The minimum absolute atomic E-state index is 0.0523. The van der Waals surface area contributed by atoms with Gasteiger partial charge in [0.05, 0.1) is 7.11 Å². The van der Waals surface area contributed by atoms with E-state index in [2.05, 4.69) is 5.32 Å². The molecule has 1 aliphatic heterocycles. The van der Waals surface area contributed by atoms with Crippen molar-refractivity contribution >= 4 is 6.03 Å². The van der Waals surface area contributed by atoms with E-state index in [1.54, 1.807) is 25.3 Å². The number of rotatable bonds is 3. The molecule has 4 heteroatoms. The fourth-order valence-electron chi connectivity index (χ4n) is 1.81. The minimum atomic E-state index is -0.0523. The first-order valence-electron chi connectivity index (χ1n) is 5.51. The van der Waals surface area contributed by atoms with Gasteiger partial charge in [-0.1, -0.05) is 12.1 Å². The summed E-state index contributed by atoms with van der Waals surface area (Å²) in [6, 6.07) is 7.91. The Balaban J connectivity index is 2.03. The lowest BCUT2D eigenvalue weighted by Gasteiger charge is -2.23. The van der Waals surface area contributed by atoms with Crippen LogP contribution >= 0.6 is 0 Å². The summed E-state index contributed by atoms with van der Waals surface area (Å²) in [7, 11) is 3.44. The summed E-state index contributed by atoms with van der Waals surface area (Å²) >= 11 is 0. The van der Waals surface area contributed by atoms with Gasteiger partial charge in [-0.2, -0.15) is 0 Å². The molecule has 1 N–H and O–H groups in total. The van der Waals surface area contributed by atoms with Crippen LogP contribution in [0, 0.1) is 0 Å². The first-order valence-corrected chi connectivity index (χ1v) is 5.51. The summed E-state index contributed by atoms with van der Waals surface area (Å²) in [5.74, 6) is 0.858. The van der Waals surface area contributed by atoms with E-state index in [4.69, 9.17) is 4.74 Å². The summed E-state index contributed by atoms with van der Waals surface area (Å²) in [4.78, 5) is 12.9. The molecule has 0 saturated carbocycles. The molecule has 0 aromatic heterocycles. The summed E-state index contributed by atoms with van der Waals surface area (Å²) < 4.78 is 5.11. The average molecular weight is 232 g/mol. The second-order valence-corrected chi connectivity index (χ2v) is 4.13. The van der Waals surface area contributed by atoms with Crippen molar-refractivity contribution in [1.82, 2.24) is 10.2 Å². The number of hydrogen-bond acceptors (Lipinski definition) is 2. The standard InChI is InChI=1S/C13H16N2O2/c1-15-9-11(8-14-13(15)16)7-10-3-5-12(17-2)6-4-10/h3-6,8H,7,9H2,1-2H3,(H,14,16). The largest absolute Gasteiger partial charge is 0.497 e. The van der Waals surface area contributed by atoms with E-state index in [1.165, 1.54) is 11.1 Å². The molecule has 90 valence electrons. The van der Waals surface area contributed by atoms with Crippen LogP contribution in [0.3, 0.4) is 0 Å². The Morgan fingerprint density at radius 3 is 2.65 bits per heavy atom. The van der Waals surface area contributed by atoms with Crippen LogP contribution in [0.4, 0.5) is 4.79 Å². The molecule has 1 heterocycles. The van der Waals surface area contributed by atoms with E-state index in [0.717, 1.165) is 12.2 Å². The zero-order valence-corrected chi connectivity index (χ0v) is 10.1. The van der Waals surface area contributed by atoms with E-state index >= 15 is 0 Å². The van der Waals surface area contributed by atoms with Gasteiger partial charge in [-0.25, -0.2) is 4.79 Å². The summed E-state index contributed by atoms with van der Waals surface area (Å²) in [5, 5.41) is 2.72. The Morgan fingerprint density at radius 1 is 1.35 bits per heavy atom. The van der Waals surface area contributed by atoms with Gasteiger partial charge in [-0.05, 0) is 29.7 Å². The molecular formula is C13H16N2O2. The highest BCUT2D eigenvalue weighted by Crippen LogP contribution is 2.15. The second-order valence-electron chi connectivity index (χ2n) is 4.13. The van der Waals surface area contributed by atoms with Gasteiger partial charge in [0.2, 0.25) is 0 Å². The Kier molecular flexibility index (Phi) is 3.32. The maximum Gasteiger partial charge on any atom is 0.321 e. The van der Waals surface area contributed by atoms with Crippen LogP contribution < -0.4 is 10.1 Å². The molecule has 0 atom stereocenters. The third-order valence-corrected chi connectivity index (χ3v) is 2.78. The van der Waals surface area contributed by atoms with Crippen LogP contribution in [-0.2, 0) is 6.42 Å². The smallest absolute Gasteiger partial charge is 0.321 e. The van der Waals surface area contributed by atoms with Gasteiger partial charge in [0, 0.05) is 19.8 Å². The third-order valence-electron chi connectivity index (χ3n) is 2.78. The fourth-order valence-corrected chi connectivity index (χ4v) is 1.81. The maximum absolute atomic E-state index is 11.2. The normalized spacial score (nSPS) is 15.3. The predicted octanol–water partition coefficient (Wildman–Crippen LogP) is 1.78. The monoisotopic (exact) mass is 232 g/mol. The molecule has 0 fully saturated rings. The number of benzene rings is 1. The van der Waals surface area contributed by atoms with Crippen LogP contribution in [0.1, 0.15) is 5.56 Å². The van der Waals surface area contributed by atoms with Crippen molar-refractivity contribution in [3.8, 4) is 5.75 Å². The van der Waals surface area contributed by atoms with Crippen molar-refractivity contribution in [3.05, 3.63) is 41.6 Å². The Morgan fingerprint density at radius 2 is 2.06 bits per heavy atom. The van der Waals surface area contributed by atoms with Crippen LogP contribution in [0.5, 0.6) is 5.75 Å². The number of urea groups is 1. The quantitative estimate of drug-likeness (QED) is 0.863. The molecule has 0 spiro atoms. The highest BCUT2D eigenvalue weighted by Gasteiger charge is 2.14. The Labute approximate surface area is 101 Å². The van der Waals surface area contributed by atoms with E-state index in [9.17, 15) is 4.79 Å². The Hall–Kier alpha value is -1.97. The number of nitrogens with one attached hydrogen (secondary N) is 1. The van der Waals surface area contributed by atoms with Gasteiger partial charge in [-0.15, -0.1) is 0 Å². The highest BCUT2D eigenvalue weighted by molar-refractivity contribution is 5.76. The lowest BCUT2D eigenvalue weighted by molar-refractivity contribution is 0.212. The van der Waals surface area contributed by atoms with Crippen molar-refractivity contribution in [1.29, 1.82) is 0 Å². The van der Waals surface area contributed by atoms with Crippen LogP contribution in [0.25, 0.3) is 0 Å². The predicted molar refractivity (Wildman–Crippen MR) is 65.9 cm³/mol. The molecular weight excluding hydrogens is 216 g/mol. The molecule has 1 aromatic carbocycles. The van der Waals surface area contributed by atoms with E-state index < -0.39 is 0 Å². The molecule has 0 radical (unpaired) electrons. The van der Waals surface area contributed by atoms with E-state index in [1.807, 2.05) is 24.3 Å². The highest BCUT2D eigenvalue weighted by atomic mass is 16.5. The lowest BCUT2D eigenvalue weighted by atomic mass is 10.0. The van der Waals surface area contributed by atoms with Gasteiger partial charge >= 0.3 is 6.03 Å². The summed E-state index contributed by atoms with van der Waals surface area (Å²) in [6.07, 6.45) is 2.64. The Bertz CT molecular complexity index is 437. The zero-order valence-electron chi connectivity index (χ0n) is 10.1.